The van der Waals surface area contributed by atoms with Crippen LogP contribution in [0.3, 0.4) is 0 Å². The zero-order valence-electron chi connectivity index (χ0n) is 29.1. The van der Waals surface area contributed by atoms with E-state index in [1.807, 2.05) is 44.2 Å². The van der Waals surface area contributed by atoms with Gasteiger partial charge < -0.3 is 40.6 Å². The summed E-state index contributed by atoms with van der Waals surface area (Å²) in [5.74, 6) is -1.87. The van der Waals surface area contributed by atoms with Crippen LogP contribution in [0.15, 0.2) is 54.6 Å². The summed E-state index contributed by atoms with van der Waals surface area (Å²) in [6.45, 7) is 9.08. The van der Waals surface area contributed by atoms with Gasteiger partial charge in [0.15, 0.2) is 0 Å². The third-order valence-electron chi connectivity index (χ3n) is 7.71. The molecule has 1 saturated heterocycles. The van der Waals surface area contributed by atoms with E-state index in [0.29, 0.717) is 24.8 Å². The largest absolute Gasteiger partial charge is 0.508 e. The molecule has 1 heterocycles. The van der Waals surface area contributed by atoms with Crippen molar-refractivity contribution >= 4 is 29.8 Å². The molecule has 0 saturated carbocycles. The molecule has 0 unspecified atom stereocenters. The molecular formula is C36H50N4O9. The fourth-order valence-electron chi connectivity index (χ4n) is 5.34. The van der Waals surface area contributed by atoms with Crippen molar-refractivity contribution in [3.8, 4) is 5.75 Å². The predicted molar refractivity (Wildman–Crippen MR) is 181 cm³/mol. The highest BCUT2D eigenvalue weighted by Crippen LogP contribution is 2.20. The number of methoxy groups -OCH3 is 1. The summed E-state index contributed by atoms with van der Waals surface area (Å²) in [6.07, 6.45) is -0.594. The van der Waals surface area contributed by atoms with E-state index in [9.17, 15) is 29.1 Å². The molecule has 0 radical (unpaired) electrons. The van der Waals surface area contributed by atoms with E-state index in [1.54, 1.807) is 32.9 Å². The predicted octanol–water partition coefficient (Wildman–Crippen LogP) is 2.92. The third-order valence-corrected chi connectivity index (χ3v) is 7.71. The molecule has 0 spiro atoms. The molecule has 4 amide bonds. The Morgan fingerprint density at radius 1 is 0.837 bits per heavy atom. The zero-order valence-corrected chi connectivity index (χ0v) is 29.1. The van der Waals surface area contributed by atoms with Crippen LogP contribution in [0.4, 0.5) is 4.79 Å². The first-order valence-electron chi connectivity index (χ1n) is 16.6. The van der Waals surface area contributed by atoms with Crippen molar-refractivity contribution in [3.63, 3.8) is 0 Å². The quantitative estimate of drug-likeness (QED) is 0.177. The van der Waals surface area contributed by atoms with E-state index in [1.165, 1.54) is 19.2 Å². The van der Waals surface area contributed by atoms with Crippen molar-refractivity contribution in [1.82, 2.24) is 21.3 Å². The molecule has 13 heteroatoms. The number of hydrogen-bond acceptors (Lipinski definition) is 9. The van der Waals surface area contributed by atoms with Crippen molar-refractivity contribution in [2.45, 2.75) is 103 Å². The maximum Gasteiger partial charge on any atom is 0.408 e. The van der Waals surface area contributed by atoms with E-state index in [4.69, 9.17) is 14.2 Å². The van der Waals surface area contributed by atoms with Crippen LogP contribution in [-0.2, 0) is 46.2 Å². The lowest BCUT2D eigenvalue weighted by molar-refractivity contribution is -0.146. The fraction of sp³-hybridized carbons (Fsp3) is 0.528. The van der Waals surface area contributed by atoms with Crippen LogP contribution in [0.25, 0.3) is 0 Å². The van der Waals surface area contributed by atoms with Gasteiger partial charge in [0.25, 0.3) is 0 Å². The number of carbonyl (C=O) groups excluding carboxylic acids is 5. The minimum atomic E-state index is -0.990. The third kappa shape index (κ3) is 13.4. The van der Waals surface area contributed by atoms with Gasteiger partial charge in [-0.15, -0.1) is 0 Å². The van der Waals surface area contributed by atoms with Gasteiger partial charge in [-0.2, -0.15) is 0 Å². The van der Waals surface area contributed by atoms with E-state index < -0.39 is 65.7 Å². The normalized spacial score (nSPS) is 17.7. The Morgan fingerprint density at radius 3 is 2.04 bits per heavy atom. The van der Waals surface area contributed by atoms with Crippen molar-refractivity contribution in [2.75, 3.05) is 13.7 Å². The zero-order chi connectivity index (χ0) is 36.1. The summed E-state index contributed by atoms with van der Waals surface area (Å²) < 4.78 is 16.2. The number of esters is 1. The highest BCUT2D eigenvalue weighted by molar-refractivity contribution is 5.92. The van der Waals surface area contributed by atoms with Gasteiger partial charge in [-0.1, -0.05) is 56.3 Å². The van der Waals surface area contributed by atoms with Crippen molar-refractivity contribution in [2.24, 2.45) is 5.92 Å². The Bertz CT molecular complexity index is 1410. The minimum Gasteiger partial charge on any atom is -0.508 e. The molecule has 2 aromatic carbocycles. The summed E-state index contributed by atoms with van der Waals surface area (Å²) in [4.78, 5) is 65.0. The van der Waals surface area contributed by atoms with Crippen LogP contribution in [0.1, 0.15) is 65.0 Å². The van der Waals surface area contributed by atoms with Crippen LogP contribution >= 0.6 is 0 Å². The maximum atomic E-state index is 13.4. The molecule has 49 heavy (non-hydrogen) atoms. The second-order valence-corrected chi connectivity index (χ2v) is 13.6. The molecule has 0 aromatic heterocycles. The first kappa shape index (κ1) is 38.8. The van der Waals surface area contributed by atoms with Gasteiger partial charge in [0.1, 0.15) is 35.6 Å². The highest BCUT2D eigenvalue weighted by atomic mass is 16.6. The van der Waals surface area contributed by atoms with E-state index in [0.717, 1.165) is 5.56 Å². The number of carbonyl (C=O) groups is 5. The standard InChI is InChI=1S/C36H50N4O9/c1-22(2)18-29(34(45)47-6)39-32(43)28(19-23-10-8-7-9-11-23)38-33(44)30-17-16-26(48-30)21-37-31(42)27(40-35(46)49-36(3,4)5)20-24-12-14-25(41)15-13-24/h7-15,22,26-30,41H,16-21H2,1-6H3,(H,37,42)(H,38,44)(H,39,43)(H,40,46)/t26-,27-,28-,29-,30+/m0/s1. The number of phenolic OH excluding ortho intramolecular Hbond substituents is 1. The second-order valence-electron chi connectivity index (χ2n) is 13.6. The molecule has 2 aromatic rings. The first-order valence-corrected chi connectivity index (χ1v) is 16.6. The molecule has 1 aliphatic rings. The number of ether oxygens (including phenoxy) is 3. The van der Waals surface area contributed by atoms with Gasteiger partial charge >= 0.3 is 12.1 Å². The summed E-state index contributed by atoms with van der Waals surface area (Å²) in [6, 6.07) is 12.6. The number of nitrogens with one attached hydrogen (secondary N) is 4. The van der Waals surface area contributed by atoms with Crippen molar-refractivity contribution in [1.29, 1.82) is 0 Å². The topological polar surface area (TPSA) is 181 Å². The molecule has 268 valence electrons. The molecule has 5 atom stereocenters. The van der Waals surface area contributed by atoms with E-state index in [2.05, 4.69) is 21.3 Å². The molecule has 0 bridgehead atoms. The number of amides is 4. The first-order chi connectivity index (χ1) is 23.1. The van der Waals surface area contributed by atoms with Crippen molar-refractivity contribution < 1.29 is 43.3 Å². The summed E-state index contributed by atoms with van der Waals surface area (Å²) in [5.41, 5.74) is 0.754. The van der Waals surface area contributed by atoms with E-state index in [-0.39, 0.29) is 31.1 Å². The molecule has 13 nitrogen and oxygen atoms in total. The molecule has 1 aliphatic heterocycles. The number of rotatable bonds is 15. The van der Waals surface area contributed by atoms with Crippen LogP contribution < -0.4 is 21.3 Å². The Kier molecular flexibility index (Phi) is 14.4. The van der Waals surface area contributed by atoms with Crippen molar-refractivity contribution in [3.05, 3.63) is 65.7 Å². The number of phenols is 1. The Balaban J connectivity index is 1.63. The average Bonchev–Trinajstić information content (AvgIpc) is 3.52. The number of alkyl carbamates (subject to hydrolysis) is 1. The second kappa shape index (κ2) is 18.2. The highest BCUT2D eigenvalue weighted by Gasteiger charge is 2.35. The SMILES string of the molecule is COC(=O)[C@H](CC(C)C)NC(=O)[C@H](Cc1ccccc1)NC(=O)[C@H]1CC[C@@H](CNC(=O)[C@H](Cc2ccc(O)cc2)NC(=O)OC(C)(C)C)O1. The summed E-state index contributed by atoms with van der Waals surface area (Å²) in [7, 11) is 1.26. The van der Waals surface area contributed by atoms with Crippen LogP contribution in [0, 0.1) is 5.92 Å². The van der Waals surface area contributed by atoms with Gasteiger partial charge in [-0.25, -0.2) is 9.59 Å². The van der Waals surface area contributed by atoms with E-state index >= 15 is 0 Å². The maximum absolute atomic E-state index is 13.4. The van der Waals surface area contributed by atoms with Gasteiger partial charge in [-0.05, 0) is 69.2 Å². The fourth-order valence-corrected chi connectivity index (χ4v) is 5.34. The lowest BCUT2D eigenvalue weighted by Gasteiger charge is -2.25. The van der Waals surface area contributed by atoms with Gasteiger partial charge in [0, 0.05) is 19.4 Å². The lowest BCUT2D eigenvalue weighted by Crippen LogP contribution is -2.54. The molecule has 3 rings (SSSR count). The average molecular weight is 683 g/mol. The number of benzene rings is 2. The Morgan fingerprint density at radius 2 is 1.45 bits per heavy atom. The summed E-state index contributed by atoms with van der Waals surface area (Å²) in [5, 5.41) is 20.6. The number of hydrogen-bond donors (Lipinski definition) is 5. The molecule has 0 aliphatic carbocycles. The monoisotopic (exact) mass is 682 g/mol. The number of aromatic hydroxyl groups is 1. The van der Waals surface area contributed by atoms with Crippen LogP contribution in [-0.4, -0.2) is 84.5 Å². The molecular weight excluding hydrogens is 632 g/mol. The summed E-state index contributed by atoms with van der Waals surface area (Å²) >= 11 is 0. The van der Waals surface area contributed by atoms with Gasteiger partial charge in [0.2, 0.25) is 17.7 Å². The lowest BCUT2D eigenvalue weighted by atomic mass is 10.0. The molecule has 5 N–H and O–H groups in total. The Hall–Kier alpha value is -4.65. The van der Waals surface area contributed by atoms with Crippen LogP contribution in [0.5, 0.6) is 5.75 Å². The van der Waals surface area contributed by atoms with Gasteiger partial charge in [0.05, 0.1) is 13.2 Å². The van der Waals surface area contributed by atoms with Gasteiger partial charge in [-0.3, -0.25) is 14.4 Å². The Labute approximate surface area is 287 Å². The smallest absolute Gasteiger partial charge is 0.408 e. The molecule has 1 fully saturated rings. The minimum absolute atomic E-state index is 0.0744. The van der Waals surface area contributed by atoms with Crippen LogP contribution in [0.2, 0.25) is 0 Å².